The summed E-state index contributed by atoms with van der Waals surface area (Å²) in [6.45, 7) is 0. The van der Waals surface area contributed by atoms with Crippen molar-refractivity contribution in [1.29, 1.82) is 0 Å². The highest BCUT2D eigenvalue weighted by atomic mass is 16.5. The zero-order chi connectivity index (χ0) is 13.0. The molecule has 3 nitrogen and oxygen atoms in total. The summed E-state index contributed by atoms with van der Waals surface area (Å²) in [6.07, 6.45) is -0.138. The molecule has 90 valence electrons. The van der Waals surface area contributed by atoms with Crippen molar-refractivity contribution in [2.75, 3.05) is 7.11 Å². The summed E-state index contributed by atoms with van der Waals surface area (Å²) in [6, 6.07) is 11.5. The van der Waals surface area contributed by atoms with Crippen LogP contribution >= 0.6 is 0 Å². The topological polar surface area (TPSA) is 46.5 Å². The van der Waals surface area contributed by atoms with E-state index in [1.165, 1.54) is 0 Å². The fraction of sp³-hybridized carbons (Fsp3) is 0.133. The van der Waals surface area contributed by atoms with E-state index in [1.54, 1.807) is 7.11 Å². The van der Waals surface area contributed by atoms with Gasteiger partial charge < -0.3 is 9.84 Å². The van der Waals surface area contributed by atoms with Gasteiger partial charge in [0, 0.05) is 5.56 Å². The van der Waals surface area contributed by atoms with Gasteiger partial charge in [-0.3, -0.25) is 4.79 Å². The highest BCUT2D eigenvalue weighted by Crippen LogP contribution is 2.21. The van der Waals surface area contributed by atoms with Gasteiger partial charge in [0.25, 0.3) is 0 Å². The largest absolute Gasteiger partial charge is 0.497 e. The molecule has 0 aliphatic heterocycles. The minimum Gasteiger partial charge on any atom is -0.497 e. The number of carboxylic acid groups (broad SMARTS) is 1. The smallest absolute Gasteiger partial charge is 0.315 e. The lowest BCUT2D eigenvalue weighted by molar-refractivity contribution is -0.135. The van der Waals surface area contributed by atoms with E-state index in [9.17, 15) is 4.79 Å². The monoisotopic (exact) mass is 240 g/mol. The summed E-state index contributed by atoms with van der Waals surface area (Å²) < 4.78 is 5.15. The molecule has 0 amide bonds. The zero-order valence-corrected chi connectivity index (χ0v) is 9.93. The molecule has 1 N–H and O–H groups in total. The van der Waals surface area contributed by atoms with Gasteiger partial charge in [0.15, 0.2) is 0 Å². The number of benzene rings is 2. The molecule has 18 heavy (non-hydrogen) atoms. The Hall–Kier alpha value is -2.47. The van der Waals surface area contributed by atoms with Crippen molar-refractivity contribution >= 4 is 16.7 Å². The maximum atomic E-state index is 10.4. The molecule has 0 aliphatic carbocycles. The number of carboxylic acids is 1. The van der Waals surface area contributed by atoms with E-state index in [0.717, 1.165) is 22.1 Å². The molecule has 3 heteroatoms. The lowest BCUT2D eigenvalue weighted by Gasteiger charge is -2.02. The van der Waals surface area contributed by atoms with Gasteiger partial charge in [0.05, 0.1) is 7.11 Å². The van der Waals surface area contributed by atoms with Gasteiger partial charge in [-0.2, -0.15) is 0 Å². The van der Waals surface area contributed by atoms with Crippen LogP contribution in [-0.2, 0) is 4.79 Å². The summed E-state index contributed by atoms with van der Waals surface area (Å²) in [5, 5.41) is 10.6. The van der Waals surface area contributed by atoms with Gasteiger partial charge in [-0.15, -0.1) is 0 Å². The Morgan fingerprint density at radius 1 is 1.22 bits per heavy atom. The summed E-state index contributed by atoms with van der Waals surface area (Å²) in [7, 11) is 1.63. The second-order valence-electron chi connectivity index (χ2n) is 3.80. The highest BCUT2D eigenvalue weighted by Gasteiger charge is 1.97. The second-order valence-corrected chi connectivity index (χ2v) is 3.80. The SMILES string of the molecule is COc1ccc2cc(C#CCC(=O)O)ccc2c1. The van der Waals surface area contributed by atoms with Crippen LogP contribution in [0.1, 0.15) is 12.0 Å². The van der Waals surface area contributed by atoms with Gasteiger partial charge in [-0.1, -0.05) is 24.0 Å². The molecule has 0 aliphatic rings. The van der Waals surface area contributed by atoms with Crippen LogP contribution in [0.5, 0.6) is 5.75 Å². The first-order valence-electron chi connectivity index (χ1n) is 5.47. The van der Waals surface area contributed by atoms with Crippen LogP contribution in [0.4, 0.5) is 0 Å². The maximum absolute atomic E-state index is 10.4. The van der Waals surface area contributed by atoms with Crippen molar-refractivity contribution < 1.29 is 14.6 Å². The molecule has 2 aromatic carbocycles. The lowest BCUT2D eigenvalue weighted by atomic mass is 10.1. The molecule has 0 saturated carbocycles. The van der Waals surface area contributed by atoms with E-state index < -0.39 is 5.97 Å². The molecule has 0 radical (unpaired) electrons. The van der Waals surface area contributed by atoms with Gasteiger partial charge in [0.2, 0.25) is 0 Å². The molecular weight excluding hydrogens is 228 g/mol. The summed E-state index contributed by atoms with van der Waals surface area (Å²) >= 11 is 0. The molecular formula is C15H12O3. The lowest BCUT2D eigenvalue weighted by Crippen LogP contribution is -1.90. The van der Waals surface area contributed by atoms with E-state index in [1.807, 2.05) is 36.4 Å². The number of carbonyl (C=O) groups is 1. The number of rotatable bonds is 2. The number of ether oxygens (including phenoxy) is 1. The van der Waals surface area contributed by atoms with Crippen molar-refractivity contribution in [2.45, 2.75) is 6.42 Å². The van der Waals surface area contributed by atoms with Crippen LogP contribution in [0.25, 0.3) is 10.8 Å². The molecule has 2 rings (SSSR count). The second kappa shape index (κ2) is 5.24. The normalized spacial score (nSPS) is 9.61. The molecule has 0 fully saturated rings. The van der Waals surface area contributed by atoms with Gasteiger partial charge >= 0.3 is 5.97 Å². The number of hydrogen-bond acceptors (Lipinski definition) is 2. The summed E-state index contributed by atoms with van der Waals surface area (Å²) in [4.78, 5) is 10.4. The Labute approximate surface area is 105 Å². The minimum atomic E-state index is -0.909. The number of hydrogen-bond donors (Lipinski definition) is 1. The van der Waals surface area contributed by atoms with Crippen LogP contribution in [0.3, 0.4) is 0 Å². The van der Waals surface area contributed by atoms with E-state index in [0.29, 0.717) is 0 Å². The van der Waals surface area contributed by atoms with Crippen LogP contribution in [0.2, 0.25) is 0 Å². The third-order valence-corrected chi connectivity index (χ3v) is 2.52. The van der Waals surface area contributed by atoms with Crippen LogP contribution in [0.15, 0.2) is 36.4 Å². The Bertz CT molecular complexity index is 648. The summed E-state index contributed by atoms with van der Waals surface area (Å²) in [5.74, 6) is 5.35. The predicted molar refractivity (Wildman–Crippen MR) is 69.6 cm³/mol. The van der Waals surface area contributed by atoms with Gasteiger partial charge in [-0.25, -0.2) is 0 Å². The van der Waals surface area contributed by atoms with Crippen molar-refractivity contribution in [3.05, 3.63) is 42.0 Å². The maximum Gasteiger partial charge on any atom is 0.315 e. The Kier molecular flexibility index (Phi) is 3.49. The molecule has 0 heterocycles. The van der Waals surface area contributed by atoms with Crippen LogP contribution < -0.4 is 4.74 Å². The van der Waals surface area contributed by atoms with E-state index in [4.69, 9.17) is 9.84 Å². The third kappa shape index (κ3) is 2.80. The molecule has 0 aromatic heterocycles. The first-order valence-corrected chi connectivity index (χ1v) is 5.47. The number of fused-ring (bicyclic) bond motifs is 1. The van der Waals surface area contributed by atoms with Crippen LogP contribution in [-0.4, -0.2) is 18.2 Å². The molecule has 0 spiro atoms. The minimum absolute atomic E-state index is 0.138. The zero-order valence-electron chi connectivity index (χ0n) is 9.93. The first-order chi connectivity index (χ1) is 8.69. The molecule has 0 saturated heterocycles. The van der Waals surface area contributed by atoms with E-state index in [2.05, 4.69) is 11.8 Å². The van der Waals surface area contributed by atoms with Gasteiger partial charge in [-0.05, 0) is 35.0 Å². The van der Waals surface area contributed by atoms with E-state index >= 15 is 0 Å². The Balaban J connectivity index is 2.32. The number of aliphatic carboxylic acids is 1. The predicted octanol–water partition coefficient (Wildman–Crippen LogP) is 2.67. The van der Waals surface area contributed by atoms with Crippen molar-refractivity contribution in [1.82, 2.24) is 0 Å². The quantitative estimate of drug-likeness (QED) is 0.821. The fourth-order valence-corrected chi connectivity index (χ4v) is 1.65. The van der Waals surface area contributed by atoms with Crippen molar-refractivity contribution in [3.63, 3.8) is 0 Å². The highest BCUT2D eigenvalue weighted by molar-refractivity contribution is 5.85. The summed E-state index contributed by atoms with van der Waals surface area (Å²) in [5.41, 5.74) is 0.814. The number of methoxy groups -OCH3 is 1. The Morgan fingerprint density at radius 2 is 1.94 bits per heavy atom. The average molecular weight is 240 g/mol. The molecule has 0 atom stereocenters. The van der Waals surface area contributed by atoms with Crippen molar-refractivity contribution in [2.24, 2.45) is 0 Å². The van der Waals surface area contributed by atoms with Crippen molar-refractivity contribution in [3.8, 4) is 17.6 Å². The standard InChI is InChI=1S/C15H12O3/c1-18-14-8-7-12-9-11(3-2-4-15(16)17)5-6-13(12)10-14/h5-10H,4H2,1H3,(H,16,17). The van der Waals surface area contributed by atoms with E-state index in [-0.39, 0.29) is 6.42 Å². The third-order valence-electron chi connectivity index (χ3n) is 2.52. The molecule has 0 bridgehead atoms. The average Bonchev–Trinajstić information content (AvgIpc) is 2.37. The van der Waals surface area contributed by atoms with Gasteiger partial charge in [0.1, 0.15) is 12.2 Å². The first kappa shape index (κ1) is 12.0. The molecule has 0 unspecified atom stereocenters. The fourth-order valence-electron chi connectivity index (χ4n) is 1.65. The van der Waals surface area contributed by atoms with Crippen LogP contribution in [0, 0.1) is 11.8 Å². The molecule has 2 aromatic rings. The Morgan fingerprint density at radius 3 is 2.67 bits per heavy atom.